The molecule has 2 rings (SSSR count). The van der Waals surface area contributed by atoms with Gasteiger partial charge in [0.05, 0.1) is 19.3 Å². The molecule has 0 spiro atoms. The van der Waals surface area contributed by atoms with Crippen molar-refractivity contribution in [1.29, 1.82) is 0 Å². The van der Waals surface area contributed by atoms with Crippen molar-refractivity contribution in [2.24, 2.45) is 23.7 Å². The first-order valence-corrected chi connectivity index (χ1v) is 9.71. The van der Waals surface area contributed by atoms with Gasteiger partial charge in [-0.1, -0.05) is 19.1 Å². The number of carbonyl (C=O) groups excluding carboxylic acids is 1. The van der Waals surface area contributed by atoms with Gasteiger partial charge in [0, 0.05) is 26.4 Å². The monoisotopic (exact) mass is 375 g/mol. The van der Waals surface area contributed by atoms with Crippen molar-refractivity contribution >= 4 is 5.91 Å². The fourth-order valence-corrected chi connectivity index (χ4v) is 4.32. The molecule has 0 saturated heterocycles. The van der Waals surface area contributed by atoms with Gasteiger partial charge in [0.15, 0.2) is 5.76 Å². The van der Waals surface area contributed by atoms with E-state index in [1.54, 1.807) is 28.1 Å². The second-order valence-electron chi connectivity index (χ2n) is 8.03. The van der Waals surface area contributed by atoms with Gasteiger partial charge in [0.2, 0.25) is 0 Å². The molecule has 2 aliphatic carbocycles. The summed E-state index contributed by atoms with van der Waals surface area (Å²) >= 11 is 0. The Labute approximate surface area is 163 Å². The molecule has 5 heteroatoms. The van der Waals surface area contributed by atoms with Crippen molar-refractivity contribution in [3.8, 4) is 11.8 Å². The Morgan fingerprint density at radius 2 is 2.11 bits per heavy atom. The maximum atomic E-state index is 12.3. The second kappa shape index (κ2) is 9.43. The Hall–Kier alpha value is -1.77. The van der Waals surface area contributed by atoms with E-state index in [1.807, 2.05) is 19.1 Å². The number of aliphatic hydroxyl groups excluding tert-OH is 2. The van der Waals surface area contributed by atoms with E-state index in [4.69, 9.17) is 4.74 Å². The summed E-state index contributed by atoms with van der Waals surface area (Å²) in [6, 6.07) is 0. The summed E-state index contributed by atoms with van der Waals surface area (Å²) in [7, 11) is 4.98. The Kier molecular flexibility index (Phi) is 7.52. The van der Waals surface area contributed by atoms with Crippen molar-refractivity contribution in [3.05, 3.63) is 23.5 Å². The second-order valence-corrected chi connectivity index (χ2v) is 8.03. The van der Waals surface area contributed by atoms with Crippen LogP contribution in [0.5, 0.6) is 0 Å². The lowest BCUT2D eigenvalue weighted by molar-refractivity contribution is -0.128. The van der Waals surface area contributed by atoms with Gasteiger partial charge < -0.3 is 19.8 Å². The maximum Gasteiger partial charge on any atom is 0.288 e. The molecular weight excluding hydrogens is 342 g/mol. The first-order valence-electron chi connectivity index (χ1n) is 9.71. The highest BCUT2D eigenvalue weighted by atomic mass is 16.5. The Bertz CT molecular complexity index is 655. The number of fused-ring (bicyclic) bond motifs is 1. The summed E-state index contributed by atoms with van der Waals surface area (Å²) < 4.78 is 5.41. The zero-order valence-corrected chi connectivity index (χ0v) is 17.1. The van der Waals surface area contributed by atoms with E-state index in [0.717, 1.165) is 24.8 Å². The molecule has 0 aliphatic heterocycles. The summed E-state index contributed by atoms with van der Waals surface area (Å²) in [5.74, 6) is 6.87. The van der Waals surface area contributed by atoms with E-state index in [2.05, 4.69) is 11.8 Å². The normalized spacial score (nSPS) is 31.1. The number of allylic oxidation sites excluding steroid dienone is 1. The lowest BCUT2D eigenvalue weighted by atomic mass is 9.89. The zero-order chi connectivity index (χ0) is 20.1. The van der Waals surface area contributed by atoms with Crippen LogP contribution in [0.2, 0.25) is 0 Å². The number of hydrogen-bond acceptors (Lipinski definition) is 4. The molecule has 0 unspecified atom stereocenters. The standard InChI is InChI=1S/C22H33NO4/c1-6-7-8-14(2)19(24)10-9-17-18-12-16(11-15(18)13-20(17)25)21(27-5)22(26)23(3)4/h9-10,14-15,17-20,24-25H,8,11-13H2,1-5H3/b10-9+,21-16+/t14-,15+,17-,18+,19-,20-/m1/s1. The van der Waals surface area contributed by atoms with Gasteiger partial charge in [-0.25, -0.2) is 0 Å². The smallest absolute Gasteiger partial charge is 0.288 e. The number of carbonyl (C=O) groups is 1. The van der Waals surface area contributed by atoms with Gasteiger partial charge in [0.25, 0.3) is 5.91 Å². The van der Waals surface area contributed by atoms with E-state index in [9.17, 15) is 15.0 Å². The topological polar surface area (TPSA) is 70.0 Å². The largest absolute Gasteiger partial charge is 0.491 e. The average Bonchev–Trinajstić information content (AvgIpc) is 3.15. The van der Waals surface area contributed by atoms with Crippen LogP contribution < -0.4 is 0 Å². The lowest BCUT2D eigenvalue weighted by Gasteiger charge is -2.20. The molecule has 0 bridgehead atoms. The predicted octanol–water partition coefficient (Wildman–Crippen LogP) is 2.35. The molecule has 0 aromatic rings. The molecule has 2 saturated carbocycles. The van der Waals surface area contributed by atoms with Crippen LogP contribution in [0.4, 0.5) is 0 Å². The van der Waals surface area contributed by atoms with E-state index in [0.29, 0.717) is 18.1 Å². The molecule has 0 aromatic heterocycles. The third-order valence-corrected chi connectivity index (χ3v) is 5.92. The van der Waals surface area contributed by atoms with Crippen molar-refractivity contribution in [3.63, 3.8) is 0 Å². The van der Waals surface area contributed by atoms with Gasteiger partial charge in [-0.2, -0.15) is 0 Å². The van der Waals surface area contributed by atoms with Gasteiger partial charge in [0.1, 0.15) is 0 Å². The molecule has 1 amide bonds. The molecule has 0 aromatic carbocycles. The van der Waals surface area contributed by atoms with Crippen molar-refractivity contribution in [2.45, 2.75) is 51.7 Å². The molecule has 2 N–H and O–H groups in total. The highest BCUT2D eigenvalue weighted by molar-refractivity contribution is 5.92. The first-order chi connectivity index (χ1) is 12.8. The molecule has 2 fully saturated rings. The molecule has 6 atom stereocenters. The number of amides is 1. The highest BCUT2D eigenvalue weighted by Crippen LogP contribution is 2.51. The number of hydrogen-bond donors (Lipinski definition) is 2. The Morgan fingerprint density at radius 1 is 1.41 bits per heavy atom. The fourth-order valence-electron chi connectivity index (χ4n) is 4.32. The summed E-state index contributed by atoms with van der Waals surface area (Å²) in [6.45, 7) is 3.77. The Balaban J connectivity index is 2.11. The van der Waals surface area contributed by atoms with E-state index in [-0.39, 0.29) is 23.7 Å². The lowest BCUT2D eigenvalue weighted by Crippen LogP contribution is -2.25. The van der Waals surface area contributed by atoms with Crippen LogP contribution in [0.1, 0.15) is 39.5 Å². The van der Waals surface area contributed by atoms with Gasteiger partial charge in [-0.15, -0.1) is 11.8 Å². The number of nitrogens with zero attached hydrogens (tertiary/aromatic N) is 1. The van der Waals surface area contributed by atoms with Crippen molar-refractivity contribution < 1.29 is 19.7 Å². The molecule has 2 aliphatic rings. The number of ether oxygens (including phenoxy) is 1. The minimum atomic E-state index is -0.571. The van der Waals surface area contributed by atoms with Crippen LogP contribution in [-0.2, 0) is 9.53 Å². The van der Waals surface area contributed by atoms with Crippen LogP contribution >= 0.6 is 0 Å². The molecule has 27 heavy (non-hydrogen) atoms. The molecule has 0 radical (unpaired) electrons. The summed E-state index contributed by atoms with van der Waals surface area (Å²) in [5, 5.41) is 20.8. The maximum absolute atomic E-state index is 12.3. The van der Waals surface area contributed by atoms with Crippen LogP contribution in [0.15, 0.2) is 23.5 Å². The van der Waals surface area contributed by atoms with E-state index in [1.165, 1.54) is 4.90 Å². The van der Waals surface area contributed by atoms with E-state index >= 15 is 0 Å². The quantitative estimate of drug-likeness (QED) is 0.324. The van der Waals surface area contributed by atoms with E-state index < -0.39 is 12.2 Å². The zero-order valence-electron chi connectivity index (χ0n) is 17.1. The molecule has 0 heterocycles. The Morgan fingerprint density at radius 3 is 2.70 bits per heavy atom. The third-order valence-electron chi connectivity index (χ3n) is 5.92. The minimum absolute atomic E-state index is 0.000765. The summed E-state index contributed by atoms with van der Waals surface area (Å²) in [4.78, 5) is 13.9. The number of likely N-dealkylation sites (N-methyl/N-ethyl adjacent to an activating group) is 1. The van der Waals surface area contributed by atoms with Crippen LogP contribution in [-0.4, -0.2) is 54.4 Å². The number of methoxy groups -OCH3 is 1. The SMILES string of the molecule is CC#CC[C@@H](C)[C@H](O)/C=C/[C@@H]1[C@H]2C/C(=C(/OC)C(=O)N(C)C)C[C@H]2C[C@H]1O. The highest BCUT2D eigenvalue weighted by Gasteiger charge is 2.46. The minimum Gasteiger partial charge on any atom is -0.491 e. The van der Waals surface area contributed by atoms with Crippen molar-refractivity contribution in [2.75, 3.05) is 21.2 Å². The first kappa shape index (κ1) is 21.5. The predicted molar refractivity (Wildman–Crippen MR) is 105 cm³/mol. The summed E-state index contributed by atoms with van der Waals surface area (Å²) in [5.41, 5.74) is 1.05. The molecule has 5 nitrogen and oxygen atoms in total. The van der Waals surface area contributed by atoms with Crippen LogP contribution in [0.25, 0.3) is 0 Å². The summed E-state index contributed by atoms with van der Waals surface area (Å²) in [6.07, 6.45) is 5.74. The van der Waals surface area contributed by atoms with Crippen LogP contribution in [0.3, 0.4) is 0 Å². The van der Waals surface area contributed by atoms with Crippen LogP contribution in [0, 0.1) is 35.5 Å². The number of aliphatic hydroxyl groups is 2. The average molecular weight is 376 g/mol. The molecular formula is C22H33NO4. The van der Waals surface area contributed by atoms with Gasteiger partial charge >= 0.3 is 0 Å². The third kappa shape index (κ3) is 4.94. The van der Waals surface area contributed by atoms with Gasteiger partial charge in [-0.05, 0) is 49.5 Å². The fraction of sp³-hybridized carbons (Fsp3) is 0.682. The molecule has 150 valence electrons. The van der Waals surface area contributed by atoms with Crippen molar-refractivity contribution in [1.82, 2.24) is 4.90 Å². The number of rotatable bonds is 6. The van der Waals surface area contributed by atoms with Gasteiger partial charge in [-0.3, -0.25) is 4.79 Å².